The molecular formula is C10H17N5O3Si. The second-order valence-corrected chi connectivity index (χ2v) is 5.58. The van der Waals surface area contributed by atoms with Gasteiger partial charge >= 0.3 is 5.97 Å². The maximum atomic E-state index is 11.7. The van der Waals surface area contributed by atoms with Gasteiger partial charge in [0.2, 0.25) is 5.84 Å². The van der Waals surface area contributed by atoms with Gasteiger partial charge in [-0.25, -0.2) is 4.79 Å². The molecule has 1 aliphatic rings. The van der Waals surface area contributed by atoms with Crippen molar-refractivity contribution in [2.24, 2.45) is 10.2 Å². The van der Waals surface area contributed by atoms with Crippen molar-refractivity contribution < 1.29 is 14.3 Å². The minimum Gasteiger partial charge on any atom is -0.463 e. The van der Waals surface area contributed by atoms with E-state index >= 15 is 0 Å². The first kappa shape index (κ1) is 15.2. The highest BCUT2D eigenvalue weighted by molar-refractivity contribution is 6.43. The number of hydrogen-bond acceptors (Lipinski definition) is 7. The summed E-state index contributed by atoms with van der Waals surface area (Å²) in [6.45, 7) is 4.24. The van der Waals surface area contributed by atoms with E-state index in [1.807, 2.05) is 0 Å². The standard InChI is InChI=1S/C10H17N5O3Si/c1-4-6(2)19-5-11-9(16)7-12-14-8(15-13-7)10(17)18-3/h6H,4-5H2,1-3H3,(H,11,16)(H,12,13)(H,14,15). The molecule has 0 spiro atoms. The van der Waals surface area contributed by atoms with Gasteiger partial charge in [-0.15, -0.1) is 10.2 Å². The van der Waals surface area contributed by atoms with Crippen LogP contribution < -0.4 is 16.2 Å². The molecule has 0 fully saturated rings. The Hall–Kier alpha value is -1.90. The lowest BCUT2D eigenvalue weighted by Gasteiger charge is -2.13. The van der Waals surface area contributed by atoms with E-state index < -0.39 is 5.97 Å². The average molecular weight is 283 g/mol. The lowest BCUT2D eigenvalue weighted by molar-refractivity contribution is -0.133. The number of amidine groups is 2. The molecule has 0 aromatic rings. The van der Waals surface area contributed by atoms with Crippen molar-refractivity contribution in [1.82, 2.24) is 16.2 Å². The molecule has 2 radical (unpaired) electrons. The molecule has 9 heteroatoms. The first-order chi connectivity index (χ1) is 9.08. The lowest BCUT2D eigenvalue weighted by Crippen LogP contribution is -2.46. The maximum Gasteiger partial charge on any atom is 0.377 e. The number of carbonyl (C=O) groups is 2. The number of hydrogen-bond donors (Lipinski definition) is 3. The summed E-state index contributed by atoms with van der Waals surface area (Å²) in [5, 5.41) is 10.1. The molecule has 19 heavy (non-hydrogen) atoms. The zero-order chi connectivity index (χ0) is 14.3. The molecule has 0 aliphatic carbocycles. The summed E-state index contributed by atoms with van der Waals surface area (Å²) < 4.78 is 4.45. The predicted octanol–water partition coefficient (Wildman–Crippen LogP) is -1.02. The Balaban J connectivity index is 2.36. The molecule has 0 bridgehead atoms. The largest absolute Gasteiger partial charge is 0.463 e. The second kappa shape index (κ2) is 7.51. The van der Waals surface area contributed by atoms with Gasteiger partial charge in [-0.2, -0.15) is 0 Å². The molecule has 0 aromatic carbocycles. The van der Waals surface area contributed by atoms with Gasteiger partial charge in [0, 0.05) is 6.17 Å². The summed E-state index contributed by atoms with van der Waals surface area (Å²) in [6.07, 6.45) is 1.68. The van der Waals surface area contributed by atoms with Gasteiger partial charge in [-0.05, 0) is 0 Å². The van der Waals surface area contributed by atoms with E-state index in [-0.39, 0.29) is 17.6 Å². The molecule has 1 unspecified atom stereocenters. The van der Waals surface area contributed by atoms with Crippen LogP contribution in [-0.4, -0.2) is 46.3 Å². The molecule has 8 nitrogen and oxygen atoms in total. The minimum atomic E-state index is -0.658. The van der Waals surface area contributed by atoms with E-state index in [0.29, 0.717) is 21.2 Å². The smallest absolute Gasteiger partial charge is 0.377 e. The fourth-order valence-electron chi connectivity index (χ4n) is 1.09. The Morgan fingerprint density at radius 1 is 1.37 bits per heavy atom. The normalized spacial score (nSPS) is 15.3. The number of amides is 1. The van der Waals surface area contributed by atoms with Gasteiger partial charge in [-0.3, -0.25) is 15.6 Å². The van der Waals surface area contributed by atoms with Crippen LogP contribution in [-0.2, 0) is 14.3 Å². The number of ether oxygens (including phenoxy) is 1. The summed E-state index contributed by atoms with van der Waals surface area (Å²) in [6, 6.07) is 0. The summed E-state index contributed by atoms with van der Waals surface area (Å²) in [5.41, 5.74) is 5.34. The van der Waals surface area contributed by atoms with E-state index in [1.54, 1.807) is 0 Å². The van der Waals surface area contributed by atoms with Crippen LogP contribution in [0.25, 0.3) is 0 Å². The molecule has 0 saturated carbocycles. The van der Waals surface area contributed by atoms with Crippen molar-refractivity contribution in [3.05, 3.63) is 0 Å². The zero-order valence-corrected chi connectivity index (χ0v) is 12.1. The Morgan fingerprint density at radius 3 is 2.53 bits per heavy atom. The molecule has 104 valence electrons. The van der Waals surface area contributed by atoms with Crippen LogP contribution in [0.4, 0.5) is 0 Å². The van der Waals surface area contributed by atoms with Crippen LogP contribution in [0.1, 0.15) is 20.3 Å². The SMILES string of the molecule is CCC(C)[Si]CNC(=O)C1=NNC(C(=O)OC)=NN1. The summed E-state index contributed by atoms with van der Waals surface area (Å²) in [4.78, 5) is 22.8. The zero-order valence-electron chi connectivity index (χ0n) is 11.1. The van der Waals surface area contributed by atoms with Crippen LogP contribution >= 0.6 is 0 Å². The van der Waals surface area contributed by atoms with E-state index in [0.717, 1.165) is 6.42 Å². The Kier molecular flexibility index (Phi) is 5.99. The number of methoxy groups -OCH3 is 1. The van der Waals surface area contributed by atoms with Gasteiger partial charge in [0.05, 0.1) is 16.6 Å². The van der Waals surface area contributed by atoms with Gasteiger partial charge < -0.3 is 10.1 Å². The van der Waals surface area contributed by atoms with Crippen LogP contribution in [0.3, 0.4) is 0 Å². The monoisotopic (exact) mass is 283 g/mol. The topological polar surface area (TPSA) is 104 Å². The maximum absolute atomic E-state index is 11.7. The van der Waals surface area contributed by atoms with E-state index in [1.165, 1.54) is 7.11 Å². The Morgan fingerprint density at radius 2 is 2.00 bits per heavy atom. The number of nitrogens with zero attached hydrogens (tertiary/aromatic N) is 2. The van der Waals surface area contributed by atoms with Gasteiger partial charge in [0.15, 0.2) is 0 Å². The molecule has 1 atom stereocenters. The molecule has 0 aromatic heterocycles. The molecular weight excluding hydrogens is 266 g/mol. The van der Waals surface area contributed by atoms with Crippen molar-refractivity contribution in [2.75, 3.05) is 13.3 Å². The van der Waals surface area contributed by atoms with E-state index in [4.69, 9.17) is 0 Å². The van der Waals surface area contributed by atoms with Crippen molar-refractivity contribution in [2.45, 2.75) is 25.8 Å². The first-order valence-electron chi connectivity index (χ1n) is 5.85. The molecule has 0 saturated heterocycles. The van der Waals surface area contributed by atoms with Gasteiger partial charge in [0.1, 0.15) is 0 Å². The van der Waals surface area contributed by atoms with Crippen LogP contribution in [0, 0.1) is 0 Å². The first-order valence-corrected chi connectivity index (χ1v) is 7.14. The van der Waals surface area contributed by atoms with Gasteiger partial charge in [0.25, 0.3) is 11.7 Å². The average Bonchev–Trinajstić information content (AvgIpc) is 2.46. The number of rotatable bonds is 6. The highest BCUT2D eigenvalue weighted by Crippen LogP contribution is 2.03. The molecule has 3 N–H and O–H groups in total. The third-order valence-corrected chi connectivity index (χ3v) is 3.94. The number of esters is 1. The molecule has 1 amide bonds. The number of nitrogens with one attached hydrogen (secondary N) is 3. The third-order valence-electron chi connectivity index (χ3n) is 2.45. The Bertz CT molecular complexity index is 410. The quantitative estimate of drug-likeness (QED) is 0.427. The Labute approximate surface area is 113 Å². The fraction of sp³-hybridized carbons (Fsp3) is 0.600. The van der Waals surface area contributed by atoms with Crippen LogP contribution in [0.2, 0.25) is 5.54 Å². The number of hydrazone groups is 2. The molecule has 1 heterocycles. The number of carbonyl (C=O) groups excluding carboxylic acids is 2. The van der Waals surface area contributed by atoms with Crippen molar-refractivity contribution in [3.63, 3.8) is 0 Å². The highest BCUT2D eigenvalue weighted by atomic mass is 28.2. The van der Waals surface area contributed by atoms with E-state index in [2.05, 4.69) is 45.0 Å². The van der Waals surface area contributed by atoms with Crippen LogP contribution in [0.5, 0.6) is 0 Å². The second-order valence-electron chi connectivity index (χ2n) is 3.83. The highest BCUT2D eigenvalue weighted by Gasteiger charge is 2.19. The fourth-order valence-corrected chi connectivity index (χ4v) is 1.99. The lowest BCUT2D eigenvalue weighted by atomic mass is 10.4. The summed E-state index contributed by atoms with van der Waals surface area (Å²) in [7, 11) is 1.89. The third kappa shape index (κ3) is 4.70. The molecule has 1 aliphatic heterocycles. The minimum absolute atomic E-state index is 0.0154. The van der Waals surface area contributed by atoms with Gasteiger partial charge in [-0.1, -0.05) is 25.8 Å². The summed E-state index contributed by atoms with van der Waals surface area (Å²) >= 11 is 0. The van der Waals surface area contributed by atoms with Crippen molar-refractivity contribution in [3.8, 4) is 0 Å². The van der Waals surface area contributed by atoms with Crippen LogP contribution in [0.15, 0.2) is 10.2 Å². The van der Waals surface area contributed by atoms with Crippen molar-refractivity contribution in [1.29, 1.82) is 0 Å². The summed E-state index contributed by atoms with van der Waals surface area (Å²) in [5.74, 6) is -1.10. The van der Waals surface area contributed by atoms with Crippen molar-refractivity contribution >= 4 is 33.1 Å². The predicted molar refractivity (Wildman–Crippen MR) is 71.6 cm³/mol. The molecule has 1 rings (SSSR count). The van der Waals surface area contributed by atoms with E-state index in [9.17, 15) is 9.59 Å².